The third-order valence-corrected chi connectivity index (χ3v) is 3.93. The molecule has 0 bridgehead atoms. The number of nitrogens with zero attached hydrogens (tertiary/aromatic N) is 3. The van der Waals surface area contributed by atoms with E-state index in [1.807, 2.05) is 48.5 Å². The molecule has 0 unspecified atom stereocenters. The second kappa shape index (κ2) is 6.98. The smallest absolute Gasteiger partial charge is 0.272 e. The first-order valence-corrected chi connectivity index (χ1v) is 8.08. The van der Waals surface area contributed by atoms with Gasteiger partial charge < -0.3 is 4.98 Å². The van der Waals surface area contributed by atoms with Crippen molar-refractivity contribution >= 4 is 23.0 Å². The summed E-state index contributed by atoms with van der Waals surface area (Å²) < 4.78 is 0. The van der Waals surface area contributed by atoms with Crippen LogP contribution in [0.25, 0.3) is 22.2 Å². The Morgan fingerprint density at radius 2 is 1.92 bits per heavy atom. The van der Waals surface area contributed by atoms with Crippen LogP contribution in [0.4, 0.5) is 0 Å². The van der Waals surface area contributed by atoms with Crippen LogP contribution in [0.15, 0.2) is 78.3 Å². The van der Waals surface area contributed by atoms with Gasteiger partial charge in [-0.1, -0.05) is 18.2 Å². The average Bonchev–Trinajstić information content (AvgIpc) is 3.21. The first-order chi connectivity index (χ1) is 12.8. The van der Waals surface area contributed by atoms with Gasteiger partial charge >= 0.3 is 0 Å². The molecule has 0 atom stereocenters. The van der Waals surface area contributed by atoms with Crippen LogP contribution in [-0.4, -0.2) is 27.1 Å². The van der Waals surface area contributed by atoms with Crippen molar-refractivity contribution in [3.8, 4) is 11.3 Å². The molecule has 2 N–H and O–H groups in total. The topological polar surface area (TPSA) is 83.0 Å². The summed E-state index contributed by atoms with van der Waals surface area (Å²) in [5, 5.41) is 4.79. The summed E-state index contributed by atoms with van der Waals surface area (Å²) in [4.78, 5) is 24.4. The number of pyridine rings is 2. The number of para-hydroxylation sites is 1. The summed E-state index contributed by atoms with van der Waals surface area (Å²) in [5.41, 5.74) is 6.27. The molecule has 0 saturated carbocycles. The molecule has 3 heterocycles. The number of nitrogens with one attached hydrogen (secondary N) is 2. The third kappa shape index (κ3) is 3.21. The first kappa shape index (κ1) is 15.7. The van der Waals surface area contributed by atoms with Gasteiger partial charge in [-0.05, 0) is 36.4 Å². The van der Waals surface area contributed by atoms with Gasteiger partial charge in [0, 0.05) is 29.5 Å². The molecule has 1 aromatic carbocycles. The highest BCUT2D eigenvalue weighted by atomic mass is 16.2. The van der Waals surface area contributed by atoms with E-state index < -0.39 is 0 Å². The first-order valence-electron chi connectivity index (χ1n) is 8.08. The molecule has 0 aliphatic carbocycles. The SMILES string of the molecule is O=C(N/N=C\c1ccc[nH]1)c1cc(-c2ccncc2)nc2ccccc12. The molecule has 0 saturated heterocycles. The maximum absolute atomic E-state index is 12.7. The molecule has 3 aromatic heterocycles. The Labute approximate surface area is 149 Å². The zero-order valence-electron chi connectivity index (χ0n) is 13.8. The van der Waals surface area contributed by atoms with E-state index in [-0.39, 0.29) is 5.91 Å². The van der Waals surface area contributed by atoms with E-state index in [2.05, 4.69) is 25.5 Å². The highest BCUT2D eigenvalue weighted by Crippen LogP contribution is 2.24. The third-order valence-electron chi connectivity index (χ3n) is 3.93. The number of carbonyl (C=O) groups excluding carboxylic acids is 1. The number of benzene rings is 1. The summed E-state index contributed by atoms with van der Waals surface area (Å²) in [6.45, 7) is 0. The highest BCUT2D eigenvalue weighted by molar-refractivity contribution is 6.07. The molecule has 0 aliphatic heterocycles. The Morgan fingerprint density at radius 3 is 2.73 bits per heavy atom. The quantitative estimate of drug-likeness (QED) is 0.441. The van der Waals surface area contributed by atoms with Gasteiger partial charge in [0.05, 0.1) is 28.7 Å². The van der Waals surface area contributed by atoms with Crippen LogP contribution < -0.4 is 5.43 Å². The molecule has 6 heteroatoms. The van der Waals surface area contributed by atoms with Crippen LogP contribution in [0.1, 0.15) is 16.1 Å². The Balaban J connectivity index is 1.72. The number of hydrogen-bond donors (Lipinski definition) is 2. The van der Waals surface area contributed by atoms with Gasteiger partial charge in [0.15, 0.2) is 0 Å². The number of aromatic amines is 1. The number of amides is 1. The van der Waals surface area contributed by atoms with Gasteiger partial charge in [-0.2, -0.15) is 5.10 Å². The lowest BCUT2D eigenvalue weighted by atomic mass is 10.0. The largest absolute Gasteiger partial charge is 0.360 e. The average molecular weight is 341 g/mol. The molecule has 26 heavy (non-hydrogen) atoms. The molecule has 0 aliphatic rings. The normalized spacial score (nSPS) is 11.1. The molecule has 4 rings (SSSR count). The number of aromatic nitrogens is 3. The van der Waals surface area contributed by atoms with E-state index in [1.165, 1.54) is 0 Å². The lowest BCUT2D eigenvalue weighted by molar-refractivity contribution is 0.0957. The van der Waals surface area contributed by atoms with E-state index in [1.54, 1.807) is 30.9 Å². The number of hydrazone groups is 1. The highest BCUT2D eigenvalue weighted by Gasteiger charge is 2.13. The second-order valence-electron chi connectivity index (χ2n) is 5.63. The van der Waals surface area contributed by atoms with Crippen LogP contribution in [0.5, 0.6) is 0 Å². The Kier molecular flexibility index (Phi) is 4.22. The molecule has 0 fully saturated rings. The van der Waals surface area contributed by atoms with Crippen molar-refractivity contribution in [2.24, 2.45) is 5.10 Å². The minimum Gasteiger partial charge on any atom is -0.360 e. The zero-order valence-corrected chi connectivity index (χ0v) is 13.8. The van der Waals surface area contributed by atoms with Crippen LogP contribution in [0.2, 0.25) is 0 Å². The summed E-state index contributed by atoms with van der Waals surface area (Å²) >= 11 is 0. The minimum absolute atomic E-state index is 0.290. The number of H-pyrrole nitrogens is 1. The van der Waals surface area contributed by atoms with E-state index in [0.29, 0.717) is 11.3 Å². The van der Waals surface area contributed by atoms with Crippen LogP contribution in [0, 0.1) is 0 Å². The fraction of sp³-hybridized carbons (Fsp3) is 0. The molecule has 0 radical (unpaired) electrons. The lowest BCUT2D eigenvalue weighted by Crippen LogP contribution is -2.18. The molecule has 126 valence electrons. The van der Waals surface area contributed by atoms with Gasteiger partial charge in [-0.25, -0.2) is 10.4 Å². The monoisotopic (exact) mass is 341 g/mol. The fourth-order valence-corrected chi connectivity index (χ4v) is 2.68. The number of fused-ring (bicyclic) bond motifs is 1. The van der Waals surface area contributed by atoms with E-state index in [9.17, 15) is 4.79 Å². The van der Waals surface area contributed by atoms with Gasteiger partial charge in [0.1, 0.15) is 0 Å². The predicted octanol–water partition coefficient (Wildman–Crippen LogP) is 3.39. The maximum atomic E-state index is 12.7. The number of rotatable bonds is 4. The van der Waals surface area contributed by atoms with Crippen molar-refractivity contribution in [3.05, 3.63) is 84.4 Å². The maximum Gasteiger partial charge on any atom is 0.272 e. The molecular weight excluding hydrogens is 326 g/mol. The Bertz CT molecular complexity index is 1070. The number of carbonyl (C=O) groups is 1. The van der Waals surface area contributed by atoms with Crippen molar-refractivity contribution < 1.29 is 4.79 Å². The van der Waals surface area contributed by atoms with Crippen molar-refractivity contribution in [3.63, 3.8) is 0 Å². The molecule has 0 spiro atoms. The number of hydrogen-bond acceptors (Lipinski definition) is 4. The van der Waals surface area contributed by atoms with Crippen LogP contribution >= 0.6 is 0 Å². The van der Waals surface area contributed by atoms with Crippen molar-refractivity contribution in [1.82, 2.24) is 20.4 Å². The van der Waals surface area contributed by atoms with Crippen molar-refractivity contribution in [2.45, 2.75) is 0 Å². The summed E-state index contributed by atoms with van der Waals surface area (Å²) in [6.07, 6.45) is 6.75. The van der Waals surface area contributed by atoms with Gasteiger partial charge in [0.2, 0.25) is 0 Å². The van der Waals surface area contributed by atoms with Crippen molar-refractivity contribution in [2.75, 3.05) is 0 Å². The Hall–Kier alpha value is -3.80. The zero-order chi connectivity index (χ0) is 17.8. The molecular formula is C20H15N5O. The van der Waals surface area contributed by atoms with E-state index in [4.69, 9.17) is 0 Å². The summed E-state index contributed by atoms with van der Waals surface area (Å²) in [7, 11) is 0. The van der Waals surface area contributed by atoms with E-state index >= 15 is 0 Å². The molecule has 1 amide bonds. The summed E-state index contributed by atoms with van der Waals surface area (Å²) in [6, 6.07) is 16.8. The Morgan fingerprint density at radius 1 is 1.08 bits per heavy atom. The van der Waals surface area contributed by atoms with Crippen LogP contribution in [-0.2, 0) is 0 Å². The molecule has 6 nitrogen and oxygen atoms in total. The fourth-order valence-electron chi connectivity index (χ4n) is 2.68. The standard InChI is InChI=1S/C20H15N5O/c26-20(25-23-13-15-4-3-9-22-15)17-12-19(14-7-10-21-11-8-14)24-18-6-2-1-5-16(17)18/h1-13,22H,(H,25,26)/b23-13-. The van der Waals surface area contributed by atoms with Crippen LogP contribution in [0.3, 0.4) is 0 Å². The molecule has 4 aromatic rings. The predicted molar refractivity (Wildman–Crippen MR) is 101 cm³/mol. The van der Waals surface area contributed by atoms with Gasteiger partial charge in [-0.15, -0.1) is 0 Å². The summed E-state index contributed by atoms with van der Waals surface area (Å²) in [5.74, 6) is -0.290. The van der Waals surface area contributed by atoms with E-state index in [0.717, 1.165) is 22.2 Å². The van der Waals surface area contributed by atoms with Gasteiger partial charge in [-0.3, -0.25) is 9.78 Å². The minimum atomic E-state index is -0.290. The second-order valence-corrected chi connectivity index (χ2v) is 5.63. The lowest BCUT2D eigenvalue weighted by Gasteiger charge is -2.08. The van der Waals surface area contributed by atoms with Gasteiger partial charge in [0.25, 0.3) is 5.91 Å². The van der Waals surface area contributed by atoms with Crippen molar-refractivity contribution in [1.29, 1.82) is 0 Å².